The highest BCUT2D eigenvalue weighted by molar-refractivity contribution is 7.80. The molecule has 0 unspecified atom stereocenters. The molecule has 6 nitrogen and oxygen atoms in total. The van der Waals surface area contributed by atoms with Gasteiger partial charge in [-0.2, -0.15) is 0 Å². The van der Waals surface area contributed by atoms with Crippen molar-refractivity contribution in [1.82, 2.24) is 10.2 Å². The van der Waals surface area contributed by atoms with E-state index in [4.69, 9.17) is 17.0 Å². The predicted octanol–water partition coefficient (Wildman–Crippen LogP) is 4.94. The molecule has 174 valence electrons. The second-order valence-corrected chi connectivity index (χ2v) is 8.55. The van der Waals surface area contributed by atoms with Crippen LogP contribution in [0.3, 0.4) is 0 Å². The van der Waals surface area contributed by atoms with Gasteiger partial charge in [-0.05, 0) is 72.9 Å². The molecular formula is C27H27N3O3S. The van der Waals surface area contributed by atoms with Crippen molar-refractivity contribution in [2.45, 2.75) is 32.4 Å². The van der Waals surface area contributed by atoms with Crippen LogP contribution >= 0.6 is 12.2 Å². The Morgan fingerprint density at radius 3 is 2.35 bits per heavy atom. The number of carbonyl (C=O) groups excluding carboxylic acids is 2. The third kappa shape index (κ3) is 5.80. The summed E-state index contributed by atoms with van der Waals surface area (Å²) in [7, 11) is 0. The normalized spacial score (nSPS) is 14.1. The van der Waals surface area contributed by atoms with Gasteiger partial charge in [0.15, 0.2) is 5.11 Å². The number of anilines is 1. The van der Waals surface area contributed by atoms with Crippen molar-refractivity contribution >= 4 is 35.0 Å². The smallest absolute Gasteiger partial charge is 0.410 e. The second kappa shape index (κ2) is 10.9. The Hall–Kier alpha value is -3.71. The average molecular weight is 474 g/mol. The van der Waals surface area contributed by atoms with Crippen LogP contribution in [0.1, 0.15) is 34.0 Å². The van der Waals surface area contributed by atoms with Gasteiger partial charge in [0.25, 0.3) is 5.91 Å². The van der Waals surface area contributed by atoms with Crippen LogP contribution in [-0.2, 0) is 24.2 Å². The molecule has 1 aliphatic carbocycles. The number of thiocarbonyl (C=S) groups is 1. The van der Waals surface area contributed by atoms with E-state index in [2.05, 4.69) is 10.6 Å². The molecule has 0 saturated carbocycles. The Labute approximate surface area is 204 Å². The molecule has 4 rings (SSSR count). The van der Waals surface area contributed by atoms with E-state index >= 15 is 0 Å². The van der Waals surface area contributed by atoms with Gasteiger partial charge in [-0.3, -0.25) is 10.1 Å². The van der Waals surface area contributed by atoms with Crippen LogP contribution in [0.5, 0.6) is 0 Å². The molecule has 2 N–H and O–H groups in total. The molecule has 1 atom stereocenters. The zero-order valence-electron chi connectivity index (χ0n) is 19.0. The average Bonchev–Trinajstić information content (AvgIpc) is 3.27. The van der Waals surface area contributed by atoms with Gasteiger partial charge in [-0.15, -0.1) is 0 Å². The van der Waals surface area contributed by atoms with Crippen LogP contribution in [0.15, 0.2) is 78.9 Å². The number of amides is 2. The molecule has 7 heteroatoms. The number of hydrogen-bond acceptors (Lipinski definition) is 4. The number of rotatable bonds is 6. The lowest BCUT2D eigenvalue weighted by Gasteiger charge is -2.26. The molecule has 0 fully saturated rings. The Morgan fingerprint density at radius 2 is 1.65 bits per heavy atom. The summed E-state index contributed by atoms with van der Waals surface area (Å²) in [5, 5.41) is 6.03. The largest absolute Gasteiger partial charge is 0.445 e. The third-order valence-corrected chi connectivity index (χ3v) is 6.06. The molecule has 3 aromatic rings. The molecule has 1 aliphatic rings. The number of fused-ring (bicyclic) bond motifs is 1. The van der Waals surface area contributed by atoms with Gasteiger partial charge in [0, 0.05) is 23.8 Å². The SMILES string of the molecule is CCN(C(=O)OCc1ccccc1)[C@H]1Cc2ccc(NC(=S)NC(=O)c3ccccc3)cc2C1. The first-order valence-corrected chi connectivity index (χ1v) is 11.7. The van der Waals surface area contributed by atoms with Gasteiger partial charge < -0.3 is 15.0 Å². The molecule has 2 amide bonds. The molecular weight excluding hydrogens is 446 g/mol. The summed E-state index contributed by atoms with van der Waals surface area (Å²) in [5.41, 5.74) is 4.66. The molecule has 3 aromatic carbocycles. The van der Waals surface area contributed by atoms with E-state index in [-0.39, 0.29) is 29.8 Å². The second-order valence-electron chi connectivity index (χ2n) is 8.15. The number of likely N-dealkylation sites (N-methyl/N-ethyl adjacent to an activating group) is 1. The van der Waals surface area contributed by atoms with Crippen LogP contribution in [0.25, 0.3) is 0 Å². The minimum Gasteiger partial charge on any atom is -0.445 e. The topological polar surface area (TPSA) is 70.7 Å². The number of carbonyl (C=O) groups is 2. The highest BCUT2D eigenvalue weighted by atomic mass is 32.1. The fourth-order valence-corrected chi connectivity index (χ4v) is 4.37. The van der Waals surface area contributed by atoms with Gasteiger partial charge in [0.1, 0.15) is 6.61 Å². The minimum absolute atomic E-state index is 0.0447. The maximum Gasteiger partial charge on any atom is 0.410 e. The molecule has 0 aromatic heterocycles. The van der Waals surface area contributed by atoms with Gasteiger partial charge in [-0.25, -0.2) is 4.79 Å². The number of nitrogens with one attached hydrogen (secondary N) is 2. The number of hydrogen-bond donors (Lipinski definition) is 2. The Morgan fingerprint density at radius 1 is 0.971 bits per heavy atom. The summed E-state index contributed by atoms with van der Waals surface area (Å²) in [5.74, 6) is -0.257. The minimum atomic E-state index is -0.299. The highest BCUT2D eigenvalue weighted by Crippen LogP contribution is 2.28. The number of ether oxygens (including phenoxy) is 1. The van der Waals surface area contributed by atoms with Crippen molar-refractivity contribution < 1.29 is 14.3 Å². The quantitative estimate of drug-likeness (QED) is 0.497. The lowest BCUT2D eigenvalue weighted by Crippen LogP contribution is -2.41. The first-order chi connectivity index (χ1) is 16.5. The first-order valence-electron chi connectivity index (χ1n) is 11.3. The van der Waals surface area contributed by atoms with Crippen LogP contribution in [0.4, 0.5) is 10.5 Å². The van der Waals surface area contributed by atoms with Crippen molar-refractivity contribution in [2.24, 2.45) is 0 Å². The van der Waals surface area contributed by atoms with E-state index in [9.17, 15) is 9.59 Å². The van der Waals surface area contributed by atoms with Crippen molar-refractivity contribution in [3.05, 3.63) is 101 Å². The van der Waals surface area contributed by atoms with Gasteiger partial charge >= 0.3 is 6.09 Å². The zero-order chi connectivity index (χ0) is 23.9. The first kappa shape index (κ1) is 23.4. The number of nitrogens with zero attached hydrogens (tertiary/aromatic N) is 1. The standard InChI is InChI=1S/C27H27N3O3S/c1-2-30(27(32)33-18-19-9-5-3-6-10-19)24-16-21-13-14-23(15-22(21)17-24)28-26(34)29-25(31)20-11-7-4-8-12-20/h3-15,24H,2,16-18H2,1H3,(H2,28,29,31,34)/t24-/m0/s1. The fraction of sp³-hybridized carbons (Fsp3) is 0.222. The molecule has 0 heterocycles. The molecule has 0 bridgehead atoms. The predicted molar refractivity (Wildman–Crippen MR) is 137 cm³/mol. The van der Waals surface area contributed by atoms with E-state index < -0.39 is 0 Å². The maximum absolute atomic E-state index is 12.8. The number of benzene rings is 3. The van der Waals surface area contributed by atoms with Crippen LogP contribution in [0.2, 0.25) is 0 Å². The summed E-state index contributed by atoms with van der Waals surface area (Å²) < 4.78 is 5.56. The van der Waals surface area contributed by atoms with Gasteiger partial charge in [0.2, 0.25) is 0 Å². The van der Waals surface area contributed by atoms with Crippen molar-refractivity contribution in [3.8, 4) is 0 Å². The van der Waals surface area contributed by atoms with E-state index in [0.29, 0.717) is 12.1 Å². The van der Waals surface area contributed by atoms with E-state index in [0.717, 1.165) is 29.7 Å². The molecule has 34 heavy (non-hydrogen) atoms. The van der Waals surface area contributed by atoms with Crippen LogP contribution in [-0.4, -0.2) is 34.6 Å². The van der Waals surface area contributed by atoms with Crippen molar-refractivity contribution in [2.75, 3.05) is 11.9 Å². The molecule has 0 aliphatic heterocycles. The van der Waals surface area contributed by atoms with Crippen molar-refractivity contribution in [3.63, 3.8) is 0 Å². The highest BCUT2D eigenvalue weighted by Gasteiger charge is 2.30. The summed E-state index contributed by atoms with van der Waals surface area (Å²) >= 11 is 5.31. The summed E-state index contributed by atoms with van der Waals surface area (Å²) in [6, 6.07) is 24.7. The monoisotopic (exact) mass is 473 g/mol. The van der Waals surface area contributed by atoms with Crippen molar-refractivity contribution in [1.29, 1.82) is 0 Å². The van der Waals surface area contributed by atoms with Crippen LogP contribution in [0, 0.1) is 0 Å². The van der Waals surface area contributed by atoms with E-state index in [1.807, 2.05) is 61.5 Å². The molecule has 0 spiro atoms. The van der Waals surface area contributed by atoms with Gasteiger partial charge in [-0.1, -0.05) is 54.6 Å². The molecule has 0 saturated heterocycles. The van der Waals surface area contributed by atoms with E-state index in [1.165, 1.54) is 5.56 Å². The summed E-state index contributed by atoms with van der Waals surface area (Å²) in [6.45, 7) is 2.80. The van der Waals surface area contributed by atoms with E-state index in [1.54, 1.807) is 29.2 Å². The lowest BCUT2D eigenvalue weighted by molar-refractivity contribution is 0.0839. The Balaban J connectivity index is 1.34. The maximum atomic E-state index is 12.8. The fourth-order valence-electron chi connectivity index (χ4n) is 4.16. The Bertz CT molecular complexity index is 1170. The summed E-state index contributed by atoms with van der Waals surface area (Å²) in [4.78, 5) is 26.8. The lowest BCUT2D eigenvalue weighted by atomic mass is 10.1. The zero-order valence-corrected chi connectivity index (χ0v) is 19.8. The van der Waals surface area contributed by atoms with Crippen LogP contribution < -0.4 is 10.6 Å². The summed E-state index contributed by atoms with van der Waals surface area (Å²) in [6.07, 6.45) is 1.22. The third-order valence-electron chi connectivity index (χ3n) is 5.86. The Kier molecular flexibility index (Phi) is 7.54. The van der Waals surface area contributed by atoms with Gasteiger partial charge in [0.05, 0.1) is 0 Å². The molecule has 0 radical (unpaired) electrons.